The molecule has 0 aliphatic carbocycles. The number of nitrogens with one attached hydrogen (secondary N) is 1. The average molecular weight is 291 g/mol. The number of rotatable bonds is 5. The summed E-state index contributed by atoms with van der Waals surface area (Å²) in [5.74, 6) is 1.05. The van der Waals surface area contributed by atoms with Crippen molar-refractivity contribution in [2.24, 2.45) is 0 Å². The third-order valence-corrected chi connectivity index (χ3v) is 4.26. The van der Waals surface area contributed by atoms with Gasteiger partial charge in [0.05, 0.1) is 25.9 Å². The molecule has 3 nitrogen and oxygen atoms in total. The van der Waals surface area contributed by atoms with Gasteiger partial charge in [0, 0.05) is 0 Å². The van der Waals surface area contributed by atoms with Crippen molar-refractivity contribution in [3.63, 3.8) is 0 Å². The van der Waals surface area contributed by atoms with Gasteiger partial charge in [0.25, 0.3) is 0 Å². The molecule has 1 saturated heterocycles. The van der Waals surface area contributed by atoms with Crippen LogP contribution in [0.3, 0.4) is 0 Å². The molecular formula is C18H29NO2. The monoisotopic (exact) mass is 291 g/mol. The number of likely N-dealkylation sites (N-methyl/N-ethyl adjacent to an activating group) is 1. The predicted molar refractivity (Wildman–Crippen MR) is 87.0 cm³/mol. The Morgan fingerprint density at radius 2 is 1.81 bits per heavy atom. The van der Waals surface area contributed by atoms with E-state index in [1.54, 1.807) is 0 Å². The van der Waals surface area contributed by atoms with Crippen LogP contribution in [0.25, 0.3) is 0 Å². The fourth-order valence-electron chi connectivity index (χ4n) is 2.98. The Balaban J connectivity index is 2.35. The summed E-state index contributed by atoms with van der Waals surface area (Å²) in [4.78, 5) is 0. The van der Waals surface area contributed by atoms with Crippen LogP contribution in [-0.4, -0.2) is 33.0 Å². The quantitative estimate of drug-likeness (QED) is 0.899. The molecule has 2 atom stereocenters. The van der Waals surface area contributed by atoms with E-state index in [4.69, 9.17) is 9.47 Å². The Morgan fingerprint density at radius 1 is 1.05 bits per heavy atom. The Kier molecular flexibility index (Phi) is 5.80. The van der Waals surface area contributed by atoms with Crippen LogP contribution in [0.5, 0.6) is 0 Å². The lowest BCUT2D eigenvalue weighted by molar-refractivity contribution is -0.101. The molecule has 2 rings (SSSR count). The van der Waals surface area contributed by atoms with Crippen LogP contribution in [0.1, 0.15) is 62.3 Å². The highest BCUT2D eigenvalue weighted by Crippen LogP contribution is 2.31. The minimum atomic E-state index is 0.0890. The first kappa shape index (κ1) is 16.5. The van der Waals surface area contributed by atoms with Crippen molar-refractivity contribution in [1.82, 2.24) is 5.32 Å². The van der Waals surface area contributed by atoms with Crippen molar-refractivity contribution in [2.45, 2.75) is 51.7 Å². The van der Waals surface area contributed by atoms with Gasteiger partial charge in [-0.3, -0.25) is 0 Å². The summed E-state index contributed by atoms with van der Waals surface area (Å²) in [5.41, 5.74) is 4.15. The third-order valence-electron chi connectivity index (χ3n) is 4.26. The maximum atomic E-state index is 5.91. The molecule has 3 heteroatoms. The summed E-state index contributed by atoms with van der Waals surface area (Å²) < 4.78 is 11.5. The Labute approximate surface area is 129 Å². The van der Waals surface area contributed by atoms with E-state index in [0.29, 0.717) is 31.7 Å². The SMILES string of the molecule is CNC(c1ccc(C(C)C)cc1C(C)C)C1COCCO1. The van der Waals surface area contributed by atoms with Crippen LogP contribution in [0, 0.1) is 0 Å². The van der Waals surface area contributed by atoms with Crippen LogP contribution in [0.4, 0.5) is 0 Å². The first-order valence-electron chi connectivity index (χ1n) is 8.05. The summed E-state index contributed by atoms with van der Waals surface area (Å²) in [6.45, 7) is 11.1. The zero-order chi connectivity index (χ0) is 15.4. The van der Waals surface area contributed by atoms with E-state index in [-0.39, 0.29) is 12.1 Å². The van der Waals surface area contributed by atoms with Gasteiger partial charge in [-0.2, -0.15) is 0 Å². The van der Waals surface area contributed by atoms with E-state index in [1.165, 1.54) is 16.7 Å². The molecule has 2 unspecified atom stereocenters. The van der Waals surface area contributed by atoms with Crippen LogP contribution < -0.4 is 5.32 Å². The summed E-state index contributed by atoms with van der Waals surface area (Å²) in [5, 5.41) is 3.43. The second-order valence-corrected chi connectivity index (χ2v) is 6.45. The largest absolute Gasteiger partial charge is 0.376 e. The third kappa shape index (κ3) is 3.85. The van der Waals surface area contributed by atoms with Gasteiger partial charge in [-0.15, -0.1) is 0 Å². The van der Waals surface area contributed by atoms with E-state index >= 15 is 0 Å². The minimum absolute atomic E-state index is 0.0890. The molecular weight excluding hydrogens is 262 g/mol. The van der Waals surface area contributed by atoms with Crippen LogP contribution in [0.2, 0.25) is 0 Å². The van der Waals surface area contributed by atoms with Crippen molar-refractivity contribution < 1.29 is 9.47 Å². The van der Waals surface area contributed by atoms with Gasteiger partial charge in [-0.25, -0.2) is 0 Å². The number of hydrogen-bond donors (Lipinski definition) is 1. The van der Waals surface area contributed by atoms with Crippen molar-refractivity contribution in [3.8, 4) is 0 Å². The van der Waals surface area contributed by atoms with E-state index in [9.17, 15) is 0 Å². The highest BCUT2D eigenvalue weighted by molar-refractivity contribution is 5.38. The van der Waals surface area contributed by atoms with E-state index < -0.39 is 0 Å². The van der Waals surface area contributed by atoms with E-state index in [2.05, 4.69) is 51.2 Å². The molecule has 1 fully saturated rings. The first-order chi connectivity index (χ1) is 10.0. The lowest BCUT2D eigenvalue weighted by Gasteiger charge is -2.32. The molecule has 21 heavy (non-hydrogen) atoms. The van der Waals surface area contributed by atoms with E-state index in [1.807, 2.05) is 7.05 Å². The van der Waals surface area contributed by atoms with Crippen molar-refractivity contribution in [2.75, 3.05) is 26.9 Å². The predicted octanol–water partition coefficient (Wildman–Crippen LogP) is 3.61. The molecule has 1 heterocycles. The minimum Gasteiger partial charge on any atom is -0.376 e. The highest BCUT2D eigenvalue weighted by Gasteiger charge is 2.27. The molecule has 118 valence electrons. The first-order valence-corrected chi connectivity index (χ1v) is 8.05. The molecule has 1 aliphatic rings. The van der Waals surface area contributed by atoms with Gasteiger partial charge in [-0.05, 0) is 35.6 Å². The van der Waals surface area contributed by atoms with Crippen molar-refractivity contribution in [1.29, 1.82) is 0 Å². The smallest absolute Gasteiger partial charge is 0.100 e. The van der Waals surface area contributed by atoms with Crippen LogP contribution >= 0.6 is 0 Å². The number of hydrogen-bond acceptors (Lipinski definition) is 3. The lowest BCUT2D eigenvalue weighted by Crippen LogP contribution is -2.39. The Morgan fingerprint density at radius 3 is 2.33 bits per heavy atom. The summed E-state index contributed by atoms with van der Waals surface area (Å²) in [7, 11) is 2.00. The van der Waals surface area contributed by atoms with Crippen LogP contribution in [0.15, 0.2) is 18.2 Å². The second-order valence-electron chi connectivity index (χ2n) is 6.45. The van der Waals surface area contributed by atoms with Gasteiger partial charge in [0.2, 0.25) is 0 Å². The molecule has 0 spiro atoms. The lowest BCUT2D eigenvalue weighted by atomic mass is 9.87. The summed E-state index contributed by atoms with van der Waals surface area (Å²) in [6, 6.07) is 7.06. The number of benzene rings is 1. The maximum absolute atomic E-state index is 5.91. The summed E-state index contributed by atoms with van der Waals surface area (Å²) >= 11 is 0. The second kappa shape index (κ2) is 7.39. The average Bonchev–Trinajstić information content (AvgIpc) is 2.49. The van der Waals surface area contributed by atoms with Gasteiger partial charge >= 0.3 is 0 Å². The standard InChI is InChI=1S/C18H29NO2/c1-12(2)14-6-7-15(16(10-14)13(3)4)18(19-5)17-11-20-8-9-21-17/h6-7,10,12-13,17-19H,8-9,11H2,1-5H3. The normalized spacial score (nSPS) is 21.0. The van der Waals surface area contributed by atoms with Gasteiger partial charge in [0.1, 0.15) is 6.10 Å². The fraction of sp³-hybridized carbons (Fsp3) is 0.667. The molecule has 1 aliphatic heterocycles. The zero-order valence-electron chi connectivity index (χ0n) is 14.0. The Bertz CT molecular complexity index is 451. The highest BCUT2D eigenvalue weighted by atomic mass is 16.6. The zero-order valence-corrected chi connectivity index (χ0v) is 14.0. The van der Waals surface area contributed by atoms with Crippen molar-refractivity contribution in [3.05, 3.63) is 34.9 Å². The molecule has 1 aromatic carbocycles. The molecule has 1 N–H and O–H groups in total. The maximum Gasteiger partial charge on any atom is 0.100 e. The summed E-state index contributed by atoms with van der Waals surface area (Å²) in [6.07, 6.45) is 0.0890. The molecule has 0 aromatic heterocycles. The molecule has 0 radical (unpaired) electrons. The fourth-order valence-corrected chi connectivity index (χ4v) is 2.98. The topological polar surface area (TPSA) is 30.5 Å². The molecule has 0 amide bonds. The van der Waals surface area contributed by atoms with Crippen molar-refractivity contribution >= 4 is 0 Å². The van der Waals surface area contributed by atoms with Gasteiger partial charge in [-0.1, -0.05) is 45.9 Å². The Hall–Kier alpha value is -0.900. The number of ether oxygens (including phenoxy) is 2. The van der Waals surface area contributed by atoms with Crippen LogP contribution in [-0.2, 0) is 9.47 Å². The van der Waals surface area contributed by atoms with E-state index in [0.717, 1.165) is 0 Å². The molecule has 0 bridgehead atoms. The van der Waals surface area contributed by atoms with Gasteiger partial charge < -0.3 is 14.8 Å². The molecule has 1 aromatic rings. The van der Waals surface area contributed by atoms with Gasteiger partial charge in [0.15, 0.2) is 0 Å². The molecule has 0 saturated carbocycles.